The Kier molecular flexibility index (Phi) is 1.16. The van der Waals surface area contributed by atoms with Gasteiger partial charge in [0.25, 0.3) is 0 Å². The molecule has 0 bridgehead atoms. The molecule has 1 N–H and O–H groups in total. The summed E-state index contributed by atoms with van der Waals surface area (Å²) < 4.78 is 0. The highest BCUT2D eigenvalue weighted by molar-refractivity contribution is 6.03. The molecular formula is C10H7N3. The van der Waals surface area contributed by atoms with Crippen molar-refractivity contribution in [3.05, 3.63) is 36.7 Å². The molecule has 13 heavy (non-hydrogen) atoms. The van der Waals surface area contributed by atoms with E-state index in [1.807, 2.05) is 24.3 Å². The molecule has 3 heteroatoms. The third kappa shape index (κ3) is 0.839. The van der Waals surface area contributed by atoms with E-state index in [2.05, 4.69) is 15.0 Å². The van der Waals surface area contributed by atoms with E-state index in [0.717, 1.165) is 22.1 Å². The van der Waals surface area contributed by atoms with Crippen LogP contribution in [0.2, 0.25) is 0 Å². The number of pyridine rings is 2. The smallest absolute Gasteiger partial charge is 0.139 e. The van der Waals surface area contributed by atoms with E-state index in [0.29, 0.717) is 0 Å². The standard InChI is InChI=1S/C10H7N3/c1-3-7-8-4-2-6-12-10(8)13-9(7)11-5-1/h1-6H,(H,11,12,13). The zero-order valence-electron chi connectivity index (χ0n) is 6.86. The first-order valence-electron chi connectivity index (χ1n) is 4.12. The van der Waals surface area contributed by atoms with E-state index in [-0.39, 0.29) is 0 Å². The van der Waals surface area contributed by atoms with Crippen LogP contribution in [0.15, 0.2) is 36.7 Å². The minimum atomic E-state index is 0.899. The summed E-state index contributed by atoms with van der Waals surface area (Å²) in [4.78, 5) is 11.6. The molecule has 62 valence electrons. The predicted octanol–water partition coefficient (Wildman–Crippen LogP) is 2.11. The highest BCUT2D eigenvalue weighted by Crippen LogP contribution is 2.20. The second kappa shape index (κ2) is 2.29. The van der Waals surface area contributed by atoms with Crippen molar-refractivity contribution in [1.29, 1.82) is 0 Å². The first kappa shape index (κ1) is 6.60. The van der Waals surface area contributed by atoms with Gasteiger partial charge in [0, 0.05) is 23.2 Å². The van der Waals surface area contributed by atoms with E-state index in [9.17, 15) is 0 Å². The highest BCUT2D eigenvalue weighted by atomic mass is 14.9. The summed E-state index contributed by atoms with van der Waals surface area (Å²) in [7, 11) is 0. The van der Waals surface area contributed by atoms with Gasteiger partial charge in [-0.2, -0.15) is 0 Å². The van der Waals surface area contributed by atoms with Crippen molar-refractivity contribution in [2.24, 2.45) is 0 Å². The minimum Gasteiger partial charge on any atom is -0.324 e. The zero-order chi connectivity index (χ0) is 8.67. The van der Waals surface area contributed by atoms with Crippen molar-refractivity contribution in [3.8, 4) is 0 Å². The van der Waals surface area contributed by atoms with Crippen LogP contribution in [0.1, 0.15) is 0 Å². The molecule has 3 nitrogen and oxygen atoms in total. The van der Waals surface area contributed by atoms with Crippen LogP contribution in [0.25, 0.3) is 22.1 Å². The Hall–Kier alpha value is -1.90. The van der Waals surface area contributed by atoms with Crippen molar-refractivity contribution in [3.63, 3.8) is 0 Å². The largest absolute Gasteiger partial charge is 0.324 e. The topological polar surface area (TPSA) is 41.6 Å². The number of fused-ring (bicyclic) bond motifs is 3. The lowest BCUT2D eigenvalue weighted by molar-refractivity contribution is 1.30. The van der Waals surface area contributed by atoms with Crippen LogP contribution < -0.4 is 0 Å². The van der Waals surface area contributed by atoms with Gasteiger partial charge in [-0.25, -0.2) is 9.97 Å². The summed E-state index contributed by atoms with van der Waals surface area (Å²) in [5.41, 5.74) is 1.80. The van der Waals surface area contributed by atoms with E-state index in [1.54, 1.807) is 12.4 Å². The van der Waals surface area contributed by atoms with Gasteiger partial charge in [-0.15, -0.1) is 0 Å². The number of aromatic amines is 1. The number of hydrogen-bond acceptors (Lipinski definition) is 2. The molecule has 3 aromatic rings. The average molecular weight is 169 g/mol. The molecule has 0 unspecified atom stereocenters. The molecule has 0 saturated heterocycles. The van der Waals surface area contributed by atoms with Gasteiger partial charge in [0.05, 0.1) is 0 Å². The summed E-state index contributed by atoms with van der Waals surface area (Å²) >= 11 is 0. The summed E-state index contributed by atoms with van der Waals surface area (Å²) in [6.45, 7) is 0. The maximum absolute atomic E-state index is 4.22. The van der Waals surface area contributed by atoms with Gasteiger partial charge in [-0.05, 0) is 24.3 Å². The van der Waals surface area contributed by atoms with Crippen LogP contribution >= 0.6 is 0 Å². The maximum atomic E-state index is 4.22. The number of hydrogen-bond donors (Lipinski definition) is 1. The first-order valence-corrected chi connectivity index (χ1v) is 4.12. The van der Waals surface area contributed by atoms with Crippen molar-refractivity contribution in [2.75, 3.05) is 0 Å². The Bertz CT molecular complexity index is 518. The summed E-state index contributed by atoms with van der Waals surface area (Å²) in [6.07, 6.45) is 3.55. The maximum Gasteiger partial charge on any atom is 0.139 e. The Labute approximate surface area is 74.4 Å². The molecule has 0 fully saturated rings. The zero-order valence-corrected chi connectivity index (χ0v) is 6.86. The van der Waals surface area contributed by atoms with Gasteiger partial charge in [0.1, 0.15) is 11.3 Å². The van der Waals surface area contributed by atoms with Gasteiger partial charge < -0.3 is 4.98 Å². The summed E-state index contributed by atoms with van der Waals surface area (Å²) in [5.74, 6) is 0. The molecule has 3 aromatic heterocycles. The van der Waals surface area contributed by atoms with Crippen LogP contribution in [-0.4, -0.2) is 15.0 Å². The monoisotopic (exact) mass is 169 g/mol. The Morgan fingerprint density at radius 1 is 0.846 bits per heavy atom. The number of nitrogens with zero attached hydrogens (tertiary/aromatic N) is 2. The number of nitrogens with one attached hydrogen (secondary N) is 1. The van der Waals surface area contributed by atoms with Crippen molar-refractivity contribution in [1.82, 2.24) is 15.0 Å². The Morgan fingerprint density at radius 2 is 1.38 bits per heavy atom. The molecule has 3 rings (SSSR count). The molecular weight excluding hydrogens is 162 g/mol. The molecule has 0 radical (unpaired) electrons. The number of H-pyrrole nitrogens is 1. The van der Waals surface area contributed by atoms with Crippen LogP contribution in [0.4, 0.5) is 0 Å². The highest BCUT2D eigenvalue weighted by Gasteiger charge is 2.02. The fourth-order valence-corrected chi connectivity index (χ4v) is 1.56. The fraction of sp³-hybridized carbons (Fsp3) is 0. The third-order valence-electron chi connectivity index (χ3n) is 2.14. The lowest BCUT2D eigenvalue weighted by Crippen LogP contribution is -1.72. The second-order valence-electron chi connectivity index (χ2n) is 2.92. The molecule has 0 aromatic carbocycles. The van der Waals surface area contributed by atoms with Gasteiger partial charge >= 0.3 is 0 Å². The van der Waals surface area contributed by atoms with Crippen LogP contribution in [0, 0.1) is 0 Å². The fourth-order valence-electron chi connectivity index (χ4n) is 1.56. The van der Waals surface area contributed by atoms with E-state index >= 15 is 0 Å². The number of aromatic nitrogens is 3. The SMILES string of the molecule is c1cnc2[nH]c3ncccc3c2c1. The van der Waals surface area contributed by atoms with Crippen molar-refractivity contribution >= 4 is 22.1 Å². The van der Waals surface area contributed by atoms with Crippen LogP contribution in [0.3, 0.4) is 0 Å². The molecule has 0 amide bonds. The average Bonchev–Trinajstić information content (AvgIpc) is 2.56. The normalized spacial score (nSPS) is 11.1. The van der Waals surface area contributed by atoms with Crippen molar-refractivity contribution in [2.45, 2.75) is 0 Å². The minimum absolute atomic E-state index is 0.899. The number of rotatable bonds is 0. The van der Waals surface area contributed by atoms with E-state index in [1.165, 1.54) is 0 Å². The third-order valence-corrected chi connectivity index (χ3v) is 2.14. The molecule has 0 spiro atoms. The van der Waals surface area contributed by atoms with Gasteiger partial charge in [0.2, 0.25) is 0 Å². The van der Waals surface area contributed by atoms with Crippen molar-refractivity contribution < 1.29 is 0 Å². The first-order chi connectivity index (χ1) is 6.45. The second-order valence-corrected chi connectivity index (χ2v) is 2.92. The van der Waals surface area contributed by atoms with Gasteiger partial charge in [-0.3, -0.25) is 0 Å². The van der Waals surface area contributed by atoms with Crippen LogP contribution in [0.5, 0.6) is 0 Å². The molecule has 0 saturated carbocycles. The molecule has 3 heterocycles. The van der Waals surface area contributed by atoms with Crippen LogP contribution in [-0.2, 0) is 0 Å². The Balaban J connectivity index is 2.64. The Morgan fingerprint density at radius 3 is 1.92 bits per heavy atom. The van der Waals surface area contributed by atoms with Gasteiger partial charge in [0.15, 0.2) is 0 Å². The van der Waals surface area contributed by atoms with Gasteiger partial charge in [-0.1, -0.05) is 0 Å². The summed E-state index contributed by atoms with van der Waals surface area (Å²) in [5, 5.41) is 2.26. The van der Waals surface area contributed by atoms with E-state index < -0.39 is 0 Å². The molecule has 0 aliphatic heterocycles. The quantitative estimate of drug-likeness (QED) is 0.560. The summed E-state index contributed by atoms with van der Waals surface area (Å²) in [6, 6.07) is 7.96. The lowest BCUT2D eigenvalue weighted by atomic mass is 10.2. The molecule has 0 atom stereocenters. The predicted molar refractivity (Wildman–Crippen MR) is 51.4 cm³/mol. The molecule has 0 aliphatic rings. The van der Waals surface area contributed by atoms with E-state index in [4.69, 9.17) is 0 Å². The molecule has 0 aliphatic carbocycles. The lowest BCUT2D eigenvalue weighted by Gasteiger charge is -1.86.